The molecular weight excluding hydrogens is 278 g/mol. The predicted octanol–water partition coefficient (Wildman–Crippen LogP) is 3.88. The summed E-state index contributed by atoms with van der Waals surface area (Å²) in [4.78, 5) is 1.23. The number of hydrogen-bond donors (Lipinski definition) is 2. The van der Waals surface area contributed by atoms with Gasteiger partial charge in [-0.05, 0) is 31.5 Å². The average molecular weight is 301 g/mol. The number of aliphatic hydroxyl groups excluding tert-OH is 1. The monoisotopic (exact) mass is 301 g/mol. The van der Waals surface area contributed by atoms with Gasteiger partial charge in [-0.3, -0.25) is 0 Å². The van der Waals surface area contributed by atoms with Gasteiger partial charge in [-0.2, -0.15) is 0 Å². The number of thioether (sulfide) groups is 1. The van der Waals surface area contributed by atoms with Crippen molar-refractivity contribution >= 4 is 11.8 Å². The molecule has 0 radical (unpaired) electrons. The highest BCUT2D eigenvalue weighted by atomic mass is 32.2. The van der Waals surface area contributed by atoms with E-state index in [0.717, 1.165) is 5.75 Å². The van der Waals surface area contributed by atoms with Crippen molar-refractivity contribution in [3.63, 3.8) is 0 Å². The Morgan fingerprint density at radius 1 is 1.05 bits per heavy atom. The smallest absolute Gasteiger partial charge is 0.0619 e. The van der Waals surface area contributed by atoms with E-state index in [-0.39, 0.29) is 18.2 Å². The molecule has 3 heteroatoms. The van der Waals surface area contributed by atoms with Crippen LogP contribution >= 0.6 is 11.8 Å². The third-order valence-electron chi connectivity index (χ3n) is 3.51. The van der Waals surface area contributed by atoms with Crippen LogP contribution in [-0.4, -0.2) is 23.0 Å². The lowest BCUT2D eigenvalue weighted by Gasteiger charge is -2.32. The highest BCUT2D eigenvalue weighted by Gasteiger charge is 2.25. The molecule has 112 valence electrons. The standard InChI is InChI=1S/C18H23NOS/c1-15(16-9-5-3-6-10-16)19-18(2,13-20)14-21-17-11-7-4-8-12-17/h3-12,15,19-20H,13-14H2,1-2H3. The molecule has 21 heavy (non-hydrogen) atoms. The van der Waals surface area contributed by atoms with Gasteiger partial charge in [-0.15, -0.1) is 11.8 Å². The second kappa shape index (κ2) is 7.64. The molecule has 2 nitrogen and oxygen atoms in total. The topological polar surface area (TPSA) is 32.3 Å². The number of aliphatic hydroxyl groups is 1. The first-order chi connectivity index (χ1) is 10.1. The number of hydrogen-bond acceptors (Lipinski definition) is 3. The SMILES string of the molecule is CC(NC(C)(CO)CSc1ccccc1)c1ccccc1. The molecule has 2 rings (SSSR count). The van der Waals surface area contributed by atoms with Crippen LogP contribution in [0.3, 0.4) is 0 Å². The summed E-state index contributed by atoms with van der Waals surface area (Å²) in [5.41, 5.74) is 0.928. The Balaban J connectivity index is 1.97. The molecule has 0 aliphatic heterocycles. The van der Waals surface area contributed by atoms with Crippen LogP contribution in [0.4, 0.5) is 0 Å². The van der Waals surface area contributed by atoms with Crippen LogP contribution in [0.25, 0.3) is 0 Å². The van der Waals surface area contributed by atoms with E-state index in [4.69, 9.17) is 0 Å². The molecule has 0 bridgehead atoms. The van der Waals surface area contributed by atoms with Crippen LogP contribution in [0.2, 0.25) is 0 Å². The first-order valence-electron chi connectivity index (χ1n) is 7.24. The van der Waals surface area contributed by atoms with Crippen LogP contribution in [0, 0.1) is 0 Å². The van der Waals surface area contributed by atoms with Gasteiger partial charge >= 0.3 is 0 Å². The summed E-state index contributed by atoms with van der Waals surface area (Å²) in [6.07, 6.45) is 0. The summed E-state index contributed by atoms with van der Waals surface area (Å²) in [5.74, 6) is 0.824. The van der Waals surface area contributed by atoms with Crippen LogP contribution in [0.5, 0.6) is 0 Å². The van der Waals surface area contributed by atoms with E-state index in [1.165, 1.54) is 10.5 Å². The largest absolute Gasteiger partial charge is 0.394 e. The van der Waals surface area contributed by atoms with Crippen molar-refractivity contribution in [2.24, 2.45) is 0 Å². The van der Waals surface area contributed by atoms with Gasteiger partial charge in [0.15, 0.2) is 0 Å². The minimum Gasteiger partial charge on any atom is -0.394 e. The van der Waals surface area contributed by atoms with Crippen LogP contribution in [0.1, 0.15) is 25.5 Å². The fourth-order valence-electron chi connectivity index (χ4n) is 2.24. The molecule has 0 saturated heterocycles. The maximum Gasteiger partial charge on any atom is 0.0619 e. The van der Waals surface area contributed by atoms with Crippen molar-refractivity contribution in [3.05, 3.63) is 66.2 Å². The van der Waals surface area contributed by atoms with Crippen molar-refractivity contribution < 1.29 is 5.11 Å². The lowest BCUT2D eigenvalue weighted by atomic mass is 10.0. The molecule has 2 N–H and O–H groups in total. The van der Waals surface area contributed by atoms with Crippen LogP contribution in [0.15, 0.2) is 65.6 Å². The fraction of sp³-hybridized carbons (Fsp3) is 0.333. The van der Waals surface area contributed by atoms with E-state index >= 15 is 0 Å². The highest BCUT2D eigenvalue weighted by Crippen LogP contribution is 2.24. The molecule has 0 heterocycles. The van der Waals surface area contributed by atoms with E-state index in [0.29, 0.717) is 0 Å². The fourth-order valence-corrected chi connectivity index (χ4v) is 3.25. The number of rotatable bonds is 7. The zero-order valence-electron chi connectivity index (χ0n) is 12.6. The lowest BCUT2D eigenvalue weighted by molar-refractivity contribution is 0.181. The summed E-state index contributed by atoms with van der Waals surface area (Å²) < 4.78 is 0. The van der Waals surface area contributed by atoms with Crippen molar-refractivity contribution in [2.75, 3.05) is 12.4 Å². The second-order valence-electron chi connectivity index (χ2n) is 5.60. The van der Waals surface area contributed by atoms with Gasteiger partial charge in [0.05, 0.1) is 6.61 Å². The van der Waals surface area contributed by atoms with E-state index in [1.54, 1.807) is 11.8 Å². The third kappa shape index (κ3) is 4.88. The number of nitrogens with one attached hydrogen (secondary N) is 1. The summed E-state index contributed by atoms with van der Waals surface area (Å²) in [7, 11) is 0. The van der Waals surface area contributed by atoms with Gasteiger partial charge in [0.1, 0.15) is 0 Å². The van der Waals surface area contributed by atoms with Crippen molar-refractivity contribution in [3.8, 4) is 0 Å². The van der Waals surface area contributed by atoms with Crippen molar-refractivity contribution in [1.82, 2.24) is 5.32 Å². The summed E-state index contributed by atoms with van der Waals surface area (Å²) in [5, 5.41) is 13.3. The van der Waals surface area contributed by atoms with Gasteiger partial charge in [0.25, 0.3) is 0 Å². The molecule has 0 amide bonds. The molecule has 0 aromatic heterocycles. The molecule has 0 fully saturated rings. The van der Waals surface area contributed by atoms with E-state index in [2.05, 4.69) is 43.4 Å². The van der Waals surface area contributed by atoms with Crippen LogP contribution < -0.4 is 5.32 Å². The molecule has 0 spiro atoms. The van der Waals surface area contributed by atoms with Crippen molar-refractivity contribution in [1.29, 1.82) is 0 Å². The Labute approximate surface area is 131 Å². The number of benzene rings is 2. The average Bonchev–Trinajstić information content (AvgIpc) is 2.55. The molecule has 0 aliphatic carbocycles. The molecule has 2 atom stereocenters. The first kappa shape index (κ1) is 16.1. The molecule has 2 aromatic carbocycles. The highest BCUT2D eigenvalue weighted by molar-refractivity contribution is 7.99. The van der Waals surface area contributed by atoms with E-state index < -0.39 is 0 Å². The van der Waals surface area contributed by atoms with Gasteiger partial charge < -0.3 is 10.4 Å². The van der Waals surface area contributed by atoms with Gasteiger partial charge in [-0.1, -0.05) is 48.5 Å². The van der Waals surface area contributed by atoms with E-state index in [9.17, 15) is 5.11 Å². The van der Waals surface area contributed by atoms with Gasteiger partial charge in [0.2, 0.25) is 0 Å². The zero-order valence-corrected chi connectivity index (χ0v) is 13.4. The summed E-state index contributed by atoms with van der Waals surface area (Å²) in [6.45, 7) is 4.32. The summed E-state index contributed by atoms with van der Waals surface area (Å²) in [6, 6.07) is 20.8. The lowest BCUT2D eigenvalue weighted by Crippen LogP contribution is -2.49. The Bertz CT molecular complexity index is 531. The third-order valence-corrected chi connectivity index (χ3v) is 4.90. The predicted molar refractivity (Wildman–Crippen MR) is 90.6 cm³/mol. The van der Waals surface area contributed by atoms with Gasteiger partial charge in [0, 0.05) is 22.2 Å². The molecule has 0 saturated carbocycles. The molecule has 2 aromatic rings. The van der Waals surface area contributed by atoms with Crippen molar-refractivity contribution in [2.45, 2.75) is 30.3 Å². The molecular formula is C18H23NOS. The Morgan fingerprint density at radius 3 is 2.19 bits per heavy atom. The molecule has 2 unspecified atom stereocenters. The Kier molecular flexibility index (Phi) is 5.85. The Hall–Kier alpha value is -1.29. The minimum absolute atomic E-state index is 0.115. The van der Waals surface area contributed by atoms with E-state index in [1.807, 2.05) is 36.4 Å². The second-order valence-corrected chi connectivity index (χ2v) is 6.65. The van der Waals surface area contributed by atoms with Gasteiger partial charge in [-0.25, -0.2) is 0 Å². The normalized spacial score (nSPS) is 15.4. The first-order valence-corrected chi connectivity index (χ1v) is 8.23. The molecule has 0 aliphatic rings. The van der Waals surface area contributed by atoms with Crippen LogP contribution in [-0.2, 0) is 0 Å². The Morgan fingerprint density at radius 2 is 1.62 bits per heavy atom. The maximum atomic E-state index is 9.78. The summed E-state index contributed by atoms with van der Waals surface area (Å²) >= 11 is 1.77. The zero-order chi connectivity index (χ0) is 15.1. The quantitative estimate of drug-likeness (QED) is 0.761. The maximum absolute atomic E-state index is 9.78. The minimum atomic E-state index is -0.310.